The van der Waals surface area contributed by atoms with Gasteiger partial charge in [-0.05, 0) is 232 Å². The standard InChI is InChI=1S/2C45H31N2OP.C41H29N2OP/c1-2-42-46-38-24-13-25-40-45(38)47(42)39-27-26-30(28-41(39)49(40,48)31-16-4-3-5-17-31)43-34-19-8-10-21-36(34)44(37-22-11-9-20-35(37)43)33-23-12-15-29-14-6-7-18-32(29)33;1-2-42-46-38-21-12-22-40-45(38)47(42)39-26-25-32(28-41(39)49(40,48)33-15-4-3-5-16-33)44-36-19-10-8-17-34(36)43(35-18-9-11-20-37(35)44)31-24-23-29-13-6-7-14-30(29)27-31;1-2-38-42-34-22-13-23-36-41(34)43(38)35-25-24-28(26-37(35)45(36,44)29-16-7-4-8-17-29)40-32-20-11-9-18-30(32)39(27-14-5-3-6-15-27)31-19-10-12-21-33(31)40/h2*3-28H,2H2,1H3;3-26H,2H2,1H3. The molecule has 3 unspecified atom stereocenters. The molecule has 0 saturated heterocycles. The average Bonchev–Trinajstić information content (AvgIpc) is 1.53. The molecule has 0 radical (unpaired) electrons. The van der Waals surface area contributed by atoms with Gasteiger partial charge in [0.15, 0.2) is 21.4 Å². The number of rotatable bonds is 12. The Bertz CT molecular complexity index is 9820. The molecule has 0 amide bonds. The van der Waals surface area contributed by atoms with Crippen LogP contribution in [0.3, 0.4) is 0 Å². The highest BCUT2D eigenvalue weighted by Gasteiger charge is 2.45. The van der Waals surface area contributed by atoms with Crippen LogP contribution in [-0.2, 0) is 33.0 Å². The molecule has 26 aromatic rings. The maximum Gasteiger partial charge on any atom is 0.175 e. The van der Waals surface area contributed by atoms with Crippen molar-refractivity contribution >= 4 is 188 Å². The molecule has 0 aliphatic carbocycles. The summed E-state index contributed by atoms with van der Waals surface area (Å²) in [5.41, 5.74) is 22.4. The summed E-state index contributed by atoms with van der Waals surface area (Å²) >= 11 is 0. The average molecular weight is 1890 g/mol. The molecule has 0 fully saturated rings. The van der Waals surface area contributed by atoms with Gasteiger partial charge in [0.1, 0.15) is 17.5 Å². The van der Waals surface area contributed by atoms with Gasteiger partial charge in [0.25, 0.3) is 0 Å². The van der Waals surface area contributed by atoms with E-state index in [9.17, 15) is 0 Å². The molecule has 678 valence electrons. The first-order valence-electron chi connectivity index (χ1n) is 49.3. The number of imidazole rings is 3. The first-order valence-corrected chi connectivity index (χ1v) is 54.4. The molecule has 3 aromatic heterocycles. The molecular formula is C131H91N6O3P3. The van der Waals surface area contributed by atoms with Crippen LogP contribution in [0, 0.1) is 0 Å². The topological polar surface area (TPSA) is 105 Å². The molecule has 3 aliphatic heterocycles. The van der Waals surface area contributed by atoms with Gasteiger partial charge in [0.05, 0.1) is 50.2 Å². The molecular weight excluding hydrogens is 1800 g/mol. The van der Waals surface area contributed by atoms with Crippen molar-refractivity contribution in [2.24, 2.45) is 0 Å². The number of para-hydroxylation sites is 3. The maximum absolute atomic E-state index is 16.0. The fourth-order valence-electron chi connectivity index (χ4n) is 23.8. The molecule has 0 saturated carbocycles. The maximum atomic E-state index is 16.0. The van der Waals surface area contributed by atoms with E-state index in [1.807, 2.05) is 146 Å². The second-order valence-electron chi connectivity index (χ2n) is 37.5. The van der Waals surface area contributed by atoms with E-state index in [0.717, 1.165) is 168 Å². The number of aryl methyl sites for hydroxylation is 3. The zero-order valence-corrected chi connectivity index (χ0v) is 81.4. The van der Waals surface area contributed by atoms with E-state index in [4.69, 9.17) is 15.0 Å². The quantitative estimate of drug-likeness (QED) is 0.0891. The van der Waals surface area contributed by atoms with Crippen LogP contribution in [-0.4, -0.2) is 28.7 Å². The Morgan fingerprint density at radius 1 is 0.196 bits per heavy atom. The first kappa shape index (κ1) is 85.4. The van der Waals surface area contributed by atoms with E-state index in [-0.39, 0.29) is 0 Å². The van der Waals surface area contributed by atoms with Crippen molar-refractivity contribution in [3.63, 3.8) is 0 Å². The lowest BCUT2D eigenvalue weighted by Gasteiger charge is -2.30. The number of hydrogen-bond donors (Lipinski definition) is 0. The van der Waals surface area contributed by atoms with Crippen molar-refractivity contribution in [1.29, 1.82) is 0 Å². The van der Waals surface area contributed by atoms with Crippen molar-refractivity contribution in [3.05, 3.63) is 479 Å². The fourth-order valence-corrected chi connectivity index (χ4v) is 32.9. The second-order valence-corrected chi connectivity index (χ2v) is 45.6. The predicted octanol–water partition coefficient (Wildman–Crippen LogP) is 29.8. The number of hydrogen-bond acceptors (Lipinski definition) is 6. The number of aromatic nitrogens is 6. The van der Waals surface area contributed by atoms with Gasteiger partial charge in [-0.1, -0.05) is 403 Å². The Morgan fingerprint density at radius 3 is 0.776 bits per heavy atom. The smallest absolute Gasteiger partial charge is 0.175 e. The largest absolute Gasteiger partial charge is 0.308 e. The molecule has 143 heavy (non-hydrogen) atoms. The fraction of sp³-hybridized carbons (Fsp3) is 0.0458. The van der Waals surface area contributed by atoms with Crippen LogP contribution in [0.25, 0.3) is 203 Å². The number of nitrogens with zero attached hydrogens (tertiary/aromatic N) is 6. The molecule has 0 N–H and O–H groups in total. The summed E-state index contributed by atoms with van der Waals surface area (Å²) in [6.07, 6.45) is 2.33. The van der Waals surface area contributed by atoms with Crippen molar-refractivity contribution < 1.29 is 13.7 Å². The lowest BCUT2D eigenvalue weighted by Crippen LogP contribution is -2.33. The summed E-state index contributed by atoms with van der Waals surface area (Å²) < 4.78 is 54.6. The number of benzene rings is 23. The van der Waals surface area contributed by atoms with Crippen LogP contribution >= 0.6 is 21.4 Å². The van der Waals surface area contributed by atoms with E-state index in [0.29, 0.717) is 0 Å². The van der Waals surface area contributed by atoms with E-state index in [1.165, 1.54) is 120 Å². The Morgan fingerprint density at radius 2 is 0.448 bits per heavy atom. The highest BCUT2D eigenvalue weighted by Crippen LogP contribution is 2.57. The van der Waals surface area contributed by atoms with Crippen LogP contribution < -0.4 is 47.7 Å². The van der Waals surface area contributed by atoms with Gasteiger partial charge >= 0.3 is 0 Å². The zero-order chi connectivity index (χ0) is 95.5. The van der Waals surface area contributed by atoms with Gasteiger partial charge in [0, 0.05) is 67.0 Å². The minimum absolute atomic E-state index is 0.774. The molecule has 6 heterocycles. The van der Waals surface area contributed by atoms with Gasteiger partial charge in [-0.15, -0.1) is 0 Å². The van der Waals surface area contributed by atoms with Crippen molar-refractivity contribution in [2.45, 2.75) is 40.0 Å². The highest BCUT2D eigenvalue weighted by molar-refractivity contribution is 7.87. The molecule has 12 heteroatoms. The summed E-state index contributed by atoms with van der Waals surface area (Å²) in [5.74, 6) is 2.94. The lowest BCUT2D eigenvalue weighted by atomic mass is 9.85. The van der Waals surface area contributed by atoms with E-state index < -0.39 is 21.4 Å². The van der Waals surface area contributed by atoms with Crippen LogP contribution in [0.2, 0.25) is 0 Å². The Kier molecular flexibility index (Phi) is 20.2. The molecule has 0 bridgehead atoms. The van der Waals surface area contributed by atoms with E-state index in [1.54, 1.807) is 0 Å². The third-order valence-electron chi connectivity index (χ3n) is 30.0. The lowest BCUT2D eigenvalue weighted by molar-refractivity contribution is 0.591. The summed E-state index contributed by atoms with van der Waals surface area (Å²) in [4.78, 5) is 15.1. The monoisotopic (exact) mass is 1890 g/mol. The van der Waals surface area contributed by atoms with Crippen molar-refractivity contribution in [1.82, 2.24) is 28.7 Å². The van der Waals surface area contributed by atoms with E-state index >= 15 is 13.7 Å². The molecule has 9 nitrogen and oxygen atoms in total. The Balaban J connectivity index is 0.000000107. The SMILES string of the molecule is CCc1nc2cccc3c2n1-c1ccc(-c2c4ccccc4c(-c4ccc5ccccc5c4)c4ccccc24)cc1P3(=O)c1ccccc1.CCc1nc2cccc3c2n1-c1ccc(-c2c4ccccc4c(-c4cccc5ccccc45)c4ccccc24)cc1P3(=O)c1ccccc1.CCc1nc2cccc3c2n1-c1ccc(-c2c4ccccc4c(-c4ccccc4)c4ccccc24)cc1P3(=O)c1ccccc1. The molecule has 0 spiro atoms. The third-order valence-corrected chi connectivity index (χ3v) is 39.3. The van der Waals surface area contributed by atoms with Crippen LogP contribution in [0.1, 0.15) is 38.2 Å². The minimum Gasteiger partial charge on any atom is -0.308 e. The molecule has 3 atom stereocenters. The normalized spacial score (nSPS) is 15.3. The van der Waals surface area contributed by atoms with Crippen molar-refractivity contribution in [3.8, 4) is 83.8 Å². The summed E-state index contributed by atoms with van der Waals surface area (Å²) in [6.45, 7) is 6.41. The molecule has 23 aromatic carbocycles. The van der Waals surface area contributed by atoms with Gasteiger partial charge in [-0.25, -0.2) is 15.0 Å². The highest BCUT2D eigenvalue weighted by atomic mass is 31.2. The summed E-state index contributed by atoms with van der Waals surface area (Å²) in [5, 5.41) is 26.9. The summed E-state index contributed by atoms with van der Waals surface area (Å²) in [7, 11) is -9.79. The first-order chi connectivity index (χ1) is 70.5. The van der Waals surface area contributed by atoms with Gasteiger partial charge in [-0.3, -0.25) is 13.7 Å². The molecule has 29 rings (SSSR count). The predicted molar refractivity (Wildman–Crippen MR) is 603 cm³/mol. The zero-order valence-electron chi connectivity index (χ0n) is 78.7. The Hall–Kier alpha value is -16.8. The van der Waals surface area contributed by atoms with Crippen LogP contribution in [0.4, 0.5) is 0 Å². The second kappa shape index (κ2) is 33.8. The summed E-state index contributed by atoms with van der Waals surface area (Å²) in [6, 6.07) is 162. The van der Waals surface area contributed by atoms with Crippen LogP contribution in [0.15, 0.2) is 461 Å². The molecule has 3 aliphatic rings. The minimum atomic E-state index is -3.28. The third kappa shape index (κ3) is 13.0. The Labute approximate surface area is 827 Å². The van der Waals surface area contributed by atoms with E-state index in [2.05, 4.69) is 350 Å². The van der Waals surface area contributed by atoms with Gasteiger partial charge in [0.2, 0.25) is 0 Å². The van der Waals surface area contributed by atoms with Crippen molar-refractivity contribution in [2.75, 3.05) is 0 Å². The number of fused-ring (bicyclic) bond motifs is 14. The van der Waals surface area contributed by atoms with Crippen LogP contribution in [0.5, 0.6) is 0 Å². The van der Waals surface area contributed by atoms with Gasteiger partial charge < -0.3 is 13.7 Å². The van der Waals surface area contributed by atoms with Gasteiger partial charge in [-0.2, -0.15) is 0 Å².